The summed E-state index contributed by atoms with van der Waals surface area (Å²) in [6.45, 7) is 4.86. The van der Waals surface area contributed by atoms with E-state index in [2.05, 4.69) is 18.8 Å². The second kappa shape index (κ2) is 4.20. The highest BCUT2D eigenvalue weighted by Crippen LogP contribution is 2.35. The van der Waals surface area contributed by atoms with Crippen LogP contribution in [0.25, 0.3) is 11.0 Å². The monoisotopic (exact) mass is 263 g/mol. The summed E-state index contributed by atoms with van der Waals surface area (Å²) < 4.78 is 21.0. The summed E-state index contributed by atoms with van der Waals surface area (Å²) in [7, 11) is 0. The third-order valence-corrected chi connectivity index (χ3v) is 3.72. The van der Waals surface area contributed by atoms with Crippen molar-refractivity contribution in [2.24, 2.45) is 0 Å². The molecule has 0 bridgehead atoms. The van der Waals surface area contributed by atoms with Crippen LogP contribution in [-0.2, 0) is 4.74 Å². The molecule has 1 atom stereocenters. The Bertz CT molecular complexity index is 620. The van der Waals surface area contributed by atoms with E-state index in [4.69, 9.17) is 10.5 Å². The van der Waals surface area contributed by atoms with Crippen LogP contribution in [0, 0.1) is 5.82 Å². The van der Waals surface area contributed by atoms with Gasteiger partial charge in [-0.3, -0.25) is 0 Å². The smallest absolute Gasteiger partial charge is 0.201 e. The van der Waals surface area contributed by atoms with Crippen LogP contribution in [0.2, 0.25) is 0 Å². The molecule has 1 aliphatic rings. The Morgan fingerprint density at radius 2 is 2.26 bits per heavy atom. The molecule has 2 aromatic rings. The van der Waals surface area contributed by atoms with E-state index < -0.39 is 0 Å². The number of fused-ring (bicyclic) bond motifs is 1. The number of nitrogens with zero attached hydrogens (tertiary/aromatic N) is 2. The SMILES string of the molecule is CC1(C)CC(n2c(N)nc3cc(F)ccc32)CCO1. The van der Waals surface area contributed by atoms with E-state index in [0.29, 0.717) is 18.1 Å². The summed E-state index contributed by atoms with van der Waals surface area (Å²) in [5, 5.41) is 0. The van der Waals surface area contributed by atoms with Gasteiger partial charge in [0.25, 0.3) is 0 Å². The largest absolute Gasteiger partial charge is 0.375 e. The van der Waals surface area contributed by atoms with Gasteiger partial charge < -0.3 is 15.0 Å². The lowest BCUT2D eigenvalue weighted by Gasteiger charge is -2.36. The molecule has 19 heavy (non-hydrogen) atoms. The fourth-order valence-corrected chi connectivity index (χ4v) is 2.89. The van der Waals surface area contributed by atoms with Crippen LogP contribution in [0.5, 0.6) is 0 Å². The average Bonchev–Trinajstić information content (AvgIpc) is 2.62. The van der Waals surface area contributed by atoms with Crippen LogP contribution in [0.15, 0.2) is 18.2 Å². The Labute approximate surface area is 111 Å². The number of halogens is 1. The highest BCUT2D eigenvalue weighted by Gasteiger charge is 2.31. The molecule has 1 fully saturated rings. The molecule has 4 nitrogen and oxygen atoms in total. The first kappa shape index (κ1) is 12.4. The predicted molar refractivity (Wildman–Crippen MR) is 72.4 cm³/mol. The number of nitrogens with two attached hydrogens (primary N) is 1. The standard InChI is InChI=1S/C14H18FN3O/c1-14(2)8-10(5-6-19-14)18-12-4-3-9(15)7-11(12)17-13(18)16/h3-4,7,10H,5-6,8H2,1-2H3,(H2,16,17). The van der Waals surface area contributed by atoms with Crippen molar-refractivity contribution in [3.63, 3.8) is 0 Å². The van der Waals surface area contributed by atoms with Crippen molar-refractivity contribution in [2.75, 3.05) is 12.3 Å². The third-order valence-electron chi connectivity index (χ3n) is 3.72. The van der Waals surface area contributed by atoms with Gasteiger partial charge in [-0.15, -0.1) is 0 Å². The number of aromatic nitrogens is 2. The van der Waals surface area contributed by atoms with Crippen molar-refractivity contribution < 1.29 is 9.13 Å². The zero-order valence-corrected chi connectivity index (χ0v) is 11.2. The normalized spacial score (nSPS) is 22.8. The molecule has 1 aliphatic heterocycles. The number of anilines is 1. The fraction of sp³-hybridized carbons (Fsp3) is 0.500. The summed E-state index contributed by atoms with van der Waals surface area (Å²) in [4.78, 5) is 4.26. The van der Waals surface area contributed by atoms with E-state index in [-0.39, 0.29) is 17.5 Å². The topological polar surface area (TPSA) is 53.1 Å². The lowest BCUT2D eigenvalue weighted by atomic mass is 9.93. The molecular formula is C14H18FN3O. The van der Waals surface area contributed by atoms with E-state index in [0.717, 1.165) is 18.4 Å². The van der Waals surface area contributed by atoms with E-state index >= 15 is 0 Å². The minimum Gasteiger partial charge on any atom is -0.375 e. The Kier molecular flexibility index (Phi) is 2.74. The van der Waals surface area contributed by atoms with Crippen molar-refractivity contribution in [3.05, 3.63) is 24.0 Å². The van der Waals surface area contributed by atoms with Gasteiger partial charge in [0.15, 0.2) is 0 Å². The van der Waals surface area contributed by atoms with Crippen molar-refractivity contribution in [3.8, 4) is 0 Å². The molecule has 0 amide bonds. The molecule has 0 saturated carbocycles. The summed E-state index contributed by atoms with van der Waals surface area (Å²) in [5.74, 6) is 0.160. The zero-order chi connectivity index (χ0) is 13.6. The Morgan fingerprint density at radius 1 is 1.47 bits per heavy atom. The average molecular weight is 263 g/mol. The van der Waals surface area contributed by atoms with Crippen LogP contribution in [0.4, 0.5) is 10.3 Å². The second-order valence-electron chi connectivity index (χ2n) is 5.73. The van der Waals surface area contributed by atoms with Gasteiger partial charge in [-0.2, -0.15) is 0 Å². The lowest BCUT2D eigenvalue weighted by molar-refractivity contribution is -0.0682. The molecule has 3 rings (SSSR count). The summed E-state index contributed by atoms with van der Waals surface area (Å²) >= 11 is 0. The maximum Gasteiger partial charge on any atom is 0.201 e. The Morgan fingerprint density at radius 3 is 3.00 bits per heavy atom. The molecule has 102 valence electrons. The van der Waals surface area contributed by atoms with Crippen molar-refractivity contribution >= 4 is 17.0 Å². The number of ether oxygens (including phenoxy) is 1. The first-order valence-electron chi connectivity index (χ1n) is 6.53. The number of nitrogen functional groups attached to an aromatic ring is 1. The van der Waals surface area contributed by atoms with Crippen molar-refractivity contribution in [2.45, 2.75) is 38.3 Å². The lowest BCUT2D eigenvalue weighted by Crippen LogP contribution is -2.35. The van der Waals surface area contributed by atoms with E-state index in [1.54, 1.807) is 6.07 Å². The van der Waals surface area contributed by atoms with Crippen molar-refractivity contribution in [1.29, 1.82) is 0 Å². The molecular weight excluding hydrogens is 245 g/mol. The minimum atomic E-state index is -0.288. The van der Waals surface area contributed by atoms with E-state index in [1.807, 2.05) is 4.57 Å². The molecule has 0 spiro atoms. The molecule has 1 aromatic heterocycles. The Hall–Kier alpha value is -1.62. The summed E-state index contributed by atoms with van der Waals surface area (Å²) in [6.07, 6.45) is 1.77. The van der Waals surface area contributed by atoms with Gasteiger partial charge in [-0.05, 0) is 38.8 Å². The van der Waals surface area contributed by atoms with Gasteiger partial charge in [0.05, 0.1) is 16.6 Å². The van der Waals surface area contributed by atoms with Crippen LogP contribution in [0.3, 0.4) is 0 Å². The summed E-state index contributed by atoms with van der Waals surface area (Å²) in [6, 6.07) is 4.87. The highest BCUT2D eigenvalue weighted by atomic mass is 19.1. The summed E-state index contributed by atoms with van der Waals surface area (Å²) in [5.41, 5.74) is 7.35. The Balaban J connectivity index is 2.07. The maximum absolute atomic E-state index is 13.2. The van der Waals surface area contributed by atoms with E-state index in [9.17, 15) is 4.39 Å². The minimum absolute atomic E-state index is 0.161. The first-order chi connectivity index (χ1) is 8.96. The highest BCUT2D eigenvalue weighted by molar-refractivity contribution is 5.78. The van der Waals surface area contributed by atoms with Crippen LogP contribution in [-0.4, -0.2) is 21.8 Å². The van der Waals surface area contributed by atoms with Gasteiger partial charge in [0.2, 0.25) is 5.95 Å². The molecule has 1 saturated heterocycles. The van der Waals surface area contributed by atoms with Crippen molar-refractivity contribution in [1.82, 2.24) is 9.55 Å². The van der Waals surface area contributed by atoms with Gasteiger partial charge >= 0.3 is 0 Å². The number of hydrogen-bond acceptors (Lipinski definition) is 3. The molecule has 1 aromatic carbocycles. The second-order valence-corrected chi connectivity index (χ2v) is 5.73. The van der Waals surface area contributed by atoms with Crippen LogP contribution >= 0.6 is 0 Å². The number of benzene rings is 1. The van der Waals surface area contributed by atoms with Gasteiger partial charge in [0, 0.05) is 18.7 Å². The molecule has 0 radical (unpaired) electrons. The van der Waals surface area contributed by atoms with Gasteiger partial charge in [-0.1, -0.05) is 0 Å². The quantitative estimate of drug-likeness (QED) is 0.860. The molecule has 1 unspecified atom stereocenters. The molecule has 5 heteroatoms. The van der Waals surface area contributed by atoms with E-state index in [1.165, 1.54) is 12.1 Å². The van der Waals surface area contributed by atoms with Gasteiger partial charge in [-0.25, -0.2) is 9.37 Å². The predicted octanol–water partition coefficient (Wildman–Crippen LogP) is 2.89. The maximum atomic E-state index is 13.2. The van der Waals surface area contributed by atoms with Crippen LogP contribution < -0.4 is 5.73 Å². The molecule has 0 aliphatic carbocycles. The number of imidazole rings is 1. The van der Waals surface area contributed by atoms with Crippen LogP contribution in [0.1, 0.15) is 32.7 Å². The van der Waals surface area contributed by atoms with Gasteiger partial charge in [0.1, 0.15) is 5.82 Å². The molecule has 2 N–H and O–H groups in total. The zero-order valence-electron chi connectivity index (χ0n) is 11.2. The molecule has 2 heterocycles. The number of hydrogen-bond donors (Lipinski definition) is 1. The third kappa shape index (κ3) is 2.18. The first-order valence-corrected chi connectivity index (χ1v) is 6.53. The number of rotatable bonds is 1. The fourth-order valence-electron chi connectivity index (χ4n) is 2.89.